The van der Waals surface area contributed by atoms with Crippen LogP contribution in [0.1, 0.15) is 18.4 Å². The van der Waals surface area contributed by atoms with Crippen LogP contribution >= 0.6 is 11.6 Å². The molecule has 1 aromatic rings. The minimum absolute atomic E-state index is 0.0111. The summed E-state index contributed by atoms with van der Waals surface area (Å²) in [5.41, 5.74) is 4.13. The molecular weight excluding hydrogens is 407 g/mol. The number of hydrogen-bond donors (Lipinski definition) is 1. The summed E-state index contributed by atoms with van der Waals surface area (Å²) in [6.45, 7) is 1.69. The van der Waals surface area contributed by atoms with Crippen LogP contribution in [-0.2, 0) is 21.0 Å². The number of carbonyl (C=O) groups excluding carboxylic acids is 1. The van der Waals surface area contributed by atoms with Gasteiger partial charge in [0.2, 0.25) is 15.9 Å². The monoisotopic (exact) mass is 425 g/mol. The molecule has 2 fully saturated rings. The van der Waals surface area contributed by atoms with Crippen molar-refractivity contribution in [2.45, 2.75) is 30.0 Å². The quantitative estimate of drug-likeness (QED) is 0.799. The lowest BCUT2D eigenvalue weighted by molar-refractivity contribution is -0.137. The second-order valence-corrected chi connectivity index (χ2v) is 9.17. The van der Waals surface area contributed by atoms with Crippen LogP contribution in [0, 0.1) is 5.92 Å². The summed E-state index contributed by atoms with van der Waals surface area (Å²) in [5.74, 6) is -0.480. The van der Waals surface area contributed by atoms with E-state index in [-0.39, 0.29) is 31.0 Å². The molecule has 0 radical (unpaired) electrons. The maximum Gasteiger partial charge on any atom is 0.417 e. The predicted molar refractivity (Wildman–Crippen MR) is 92.5 cm³/mol. The zero-order valence-electron chi connectivity index (χ0n) is 14.2. The minimum atomic E-state index is -4.73. The zero-order valence-corrected chi connectivity index (χ0v) is 15.8. The molecule has 0 aliphatic carbocycles. The van der Waals surface area contributed by atoms with E-state index in [1.807, 2.05) is 0 Å². The van der Waals surface area contributed by atoms with E-state index in [0.717, 1.165) is 16.4 Å². The molecule has 2 aliphatic heterocycles. The molecule has 6 nitrogen and oxygen atoms in total. The first-order valence-corrected chi connectivity index (χ1v) is 10.2. The molecule has 2 saturated heterocycles. The van der Waals surface area contributed by atoms with Gasteiger partial charge in [-0.1, -0.05) is 11.6 Å². The van der Waals surface area contributed by atoms with Crippen molar-refractivity contribution in [3.63, 3.8) is 0 Å². The molecule has 2 aliphatic rings. The number of piperidine rings is 1. The molecule has 0 saturated carbocycles. The van der Waals surface area contributed by atoms with Gasteiger partial charge < -0.3 is 5.73 Å². The summed E-state index contributed by atoms with van der Waals surface area (Å²) < 4.78 is 65.3. The smallest absolute Gasteiger partial charge is 0.369 e. The first kappa shape index (κ1) is 20.4. The number of nitrogens with two attached hydrogens (primary N) is 1. The highest BCUT2D eigenvalue weighted by Crippen LogP contribution is 2.37. The molecule has 0 spiro atoms. The molecule has 1 aromatic carbocycles. The Morgan fingerprint density at radius 2 is 1.78 bits per heavy atom. The second-order valence-electron chi connectivity index (χ2n) is 6.83. The SMILES string of the molecule is NC(=O)C1CCN(C2CN(S(=O)(=O)c3ccc(Cl)c(C(F)(F)F)c3)C2)CC1. The lowest BCUT2D eigenvalue weighted by Crippen LogP contribution is -2.62. The van der Waals surface area contributed by atoms with Crippen molar-refractivity contribution in [1.82, 2.24) is 9.21 Å². The molecule has 0 atom stereocenters. The molecule has 0 bridgehead atoms. The van der Waals surface area contributed by atoms with Crippen molar-refractivity contribution < 1.29 is 26.4 Å². The number of likely N-dealkylation sites (tertiary alicyclic amines) is 1. The van der Waals surface area contributed by atoms with Crippen molar-refractivity contribution in [2.75, 3.05) is 26.2 Å². The lowest BCUT2D eigenvalue weighted by Gasteiger charge is -2.46. The zero-order chi connectivity index (χ0) is 20.0. The second kappa shape index (κ2) is 7.23. The van der Waals surface area contributed by atoms with Gasteiger partial charge in [0, 0.05) is 25.0 Å². The van der Waals surface area contributed by atoms with Crippen LogP contribution in [0.25, 0.3) is 0 Å². The van der Waals surface area contributed by atoms with Gasteiger partial charge in [-0.05, 0) is 44.1 Å². The number of nitrogens with zero attached hydrogens (tertiary/aromatic N) is 2. The van der Waals surface area contributed by atoms with Gasteiger partial charge in [-0.15, -0.1) is 0 Å². The number of benzene rings is 1. The van der Waals surface area contributed by atoms with Gasteiger partial charge in [0.25, 0.3) is 0 Å². The number of primary amides is 1. The standard InChI is InChI=1S/C16H19ClF3N3O3S/c17-14-2-1-12(7-13(14)16(18,19)20)27(25,26)23-8-11(9-23)22-5-3-10(4-6-22)15(21)24/h1-2,7,10-11H,3-6,8-9H2,(H2,21,24). The van der Waals surface area contributed by atoms with Crippen LogP contribution in [0.3, 0.4) is 0 Å². The number of rotatable bonds is 4. The summed E-state index contributed by atoms with van der Waals surface area (Å²) in [7, 11) is -4.02. The fraction of sp³-hybridized carbons (Fsp3) is 0.562. The predicted octanol–water partition coefficient (Wildman–Crippen LogP) is 1.93. The first-order valence-electron chi connectivity index (χ1n) is 8.40. The van der Waals surface area contributed by atoms with Crippen molar-refractivity contribution in [2.24, 2.45) is 11.7 Å². The molecule has 2 heterocycles. The summed E-state index contributed by atoms with van der Waals surface area (Å²) in [4.78, 5) is 12.9. The highest BCUT2D eigenvalue weighted by molar-refractivity contribution is 7.89. The van der Waals surface area contributed by atoms with Gasteiger partial charge in [0.1, 0.15) is 0 Å². The Bertz CT molecular complexity index is 833. The van der Waals surface area contributed by atoms with Gasteiger partial charge in [-0.3, -0.25) is 9.69 Å². The van der Waals surface area contributed by atoms with Crippen molar-refractivity contribution in [3.8, 4) is 0 Å². The van der Waals surface area contributed by atoms with Gasteiger partial charge >= 0.3 is 6.18 Å². The van der Waals surface area contributed by atoms with Crippen molar-refractivity contribution in [3.05, 3.63) is 28.8 Å². The number of alkyl halides is 3. The molecule has 1 amide bonds. The van der Waals surface area contributed by atoms with E-state index in [1.54, 1.807) is 0 Å². The third-order valence-corrected chi connectivity index (χ3v) is 7.32. The van der Waals surface area contributed by atoms with Crippen molar-refractivity contribution >= 4 is 27.5 Å². The van der Waals surface area contributed by atoms with Crippen LogP contribution in [0.4, 0.5) is 13.2 Å². The molecule has 27 heavy (non-hydrogen) atoms. The number of halogens is 4. The number of amides is 1. The van der Waals surface area contributed by atoms with E-state index in [0.29, 0.717) is 32.0 Å². The molecule has 0 aromatic heterocycles. The summed E-state index contributed by atoms with van der Waals surface area (Å²) in [6.07, 6.45) is -3.47. The van der Waals surface area contributed by atoms with Crippen LogP contribution in [0.2, 0.25) is 5.02 Å². The van der Waals surface area contributed by atoms with Crippen LogP contribution < -0.4 is 5.73 Å². The van der Waals surface area contributed by atoms with E-state index in [4.69, 9.17) is 17.3 Å². The van der Waals surface area contributed by atoms with Gasteiger partial charge in [0.05, 0.1) is 15.5 Å². The van der Waals surface area contributed by atoms with Gasteiger partial charge in [-0.2, -0.15) is 17.5 Å². The normalized spacial score (nSPS) is 21.2. The average molecular weight is 426 g/mol. The van der Waals surface area contributed by atoms with Crippen LogP contribution in [0.5, 0.6) is 0 Å². The van der Waals surface area contributed by atoms with E-state index in [9.17, 15) is 26.4 Å². The van der Waals surface area contributed by atoms with Crippen LogP contribution in [0.15, 0.2) is 23.1 Å². The van der Waals surface area contributed by atoms with Gasteiger partial charge in [0.15, 0.2) is 0 Å². The highest BCUT2D eigenvalue weighted by Gasteiger charge is 2.42. The van der Waals surface area contributed by atoms with Gasteiger partial charge in [-0.25, -0.2) is 8.42 Å². The van der Waals surface area contributed by atoms with E-state index in [2.05, 4.69) is 4.90 Å². The molecule has 2 N–H and O–H groups in total. The van der Waals surface area contributed by atoms with E-state index < -0.39 is 31.7 Å². The van der Waals surface area contributed by atoms with E-state index >= 15 is 0 Å². The number of sulfonamides is 1. The fourth-order valence-corrected chi connectivity index (χ4v) is 5.19. The average Bonchev–Trinajstić information content (AvgIpc) is 2.52. The van der Waals surface area contributed by atoms with Crippen LogP contribution in [-0.4, -0.2) is 55.8 Å². The highest BCUT2D eigenvalue weighted by atomic mass is 35.5. The topological polar surface area (TPSA) is 83.7 Å². The molecule has 150 valence electrons. The summed E-state index contributed by atoms with van der Waals surface area (Å²) in [6, 6.07) is 2.59. The lowest BCUT2D eigenvalue weighted by atomic mass is 9.94. The Kier molecular flexibility index (Phi) is 5.46. The maximum absolute atomic E-state index is 13.0. The Morgan fingerprint density at radius 3 is 2.30 bits per heavy atom. The number of hydrogen-bond acceptors (Lipinski definition) is 4. The summed E-state index contributed by atoms with van der Waals surface area (Å²) >= 11 is 5.55. The molecule has 11 heteroatoms. The van der Waals surface area contributed by atoms with E-state index in [1.165, 1.54) is 0 Å². The Labute approximate surface area is 160 Å². The maximum atomic E-state index is 13.0. The van der Waals surface area contributed by atoms with Crippen molar-refractivity contribution in [1.29, 1.82) is 0 Å². The fourth-order valence-electron chi connectivity index (χ4n) is 3.42. The Morgan fingerprint density at radius 1 is 1.19 bits per heavy atom. The molecular formula is C16H19ClF3N3O3S. The third kappa shape index (κ3) is 4.08. The third-order valence-electron chi connectivity index (χ3n) is 5.16. The minimum Gasteiger partial charge on any atom is -0.369 e. The Balaban J connectivity index is 1.66. The Hall–Kier alpha value is -1.36. The number of carbonyl (C=O) groups is 1. The first-order chi connectivity index (χ1) is 12.5. The largest absolute Gasteiger partial charge is 0.417 e. The summed E-state index contributed by atoms with van der Waals surface area (Å²) in [5, 5.41) is -0.541. The molecule has 0 unspecified atom stereocenters. The molecule has 3 rings (SSSR count).